The van der Waals surface area contributed by atoms with Gasteiger partial charge in [0.2, 0.25) is 15.9 Å². The standard InChI is InChI=1S/C20H20N4O5S/c1-14-6-7-16(24(25)26)12-19(14)30(27,28)23-10-8-17(9-11-23)29-20-18-5-3-2-4-15(18)13-21-22-20/h2-7,12-13,17H,8-11H2,1H3. The lowest BCUT2D eigenvalue weighted by molar-refractivity contribution is -0.385. The van der Waals surface area contributed by atoms with E-state index in [1.807, 2.05) is 24.3 Å². The summed E-state index contributed by atoms with van der Waals surface area (Å²) in [5.41, 5.74) is 0.233. The van der Waals surface area contributed by atoms with Gasteiger partial charge in [0, 0.05) is 36.0 Å². The molecule has 1 fully saturated rings. The first-order valence-corrected chi connectivity index (χ1v) is 10.9. The van der Waals surface area contributed by atoms with Crippen molar-refractivity contribution in [3.63, 3.8) is 0 Å². The summed E-state index contributed by atoms with van der Waals surface area (Å²) in [6, 6.07) is 11.5. The van der Waals surface area contributed by atoms with Gasteiger partial charge in [0.25, 0.3) is 5.69 Å². The lowest BCUT2D eigenvalue weighted by Gasteiger charge is -2.31. The molecule has 0 N–H and O–H groups in total. The summed E-state index contributed by atoms with van der Waals surface area (Å²) in [6.45, 7) is 2.15. The lowest BCUT2D eigenvalue weighted by atomic mass is 10.1. The molecule has 0 aliphatic carbocycles. The molecule has 0 radical (unpaired) electrons. The number of ether oxygens (including phenoxy) is 1. The number of rotatable bonds is 5. The minimum Gasteiger partial charge on any atom is -0.473 e. The first-order chi connectivity index (χ1) is 14.4. The number of aryl methyl sites for hydroxylation is 1. The van der Waals surface area contributed by atoms with Crippen LogP contribution < -0.4 is 4.74 Å². The van der Waals surface area contributed by atoms with Crippen LogP contribution in [0, 0.1) is 17.0 Å². The first-order valence-electron chi connectivity index (χ1n) is 9.48. The summed E-state index contributed by atoms with van der Waals surface area (Å²) in [5, 5.41) is 20.9. The smallest absolute Gasteiger partial charge is 0.270 e. The summed E-state index contributed by atoms with van der Waals surface area (Å²) in [4.78, 5) is 10.4. The van der Waals surface area contributed by atoms with E-state index in [9.17, 15) is 18.5 Å². The van der Waals surface area contributed by atoms with Crippen molar-refractivity contribution in [3.05, 3.63) is 64.3 Å². The van der Waals surface area contributed by atoms with Crippen molar-refractivity contribution in [1.29, 1.82) is 0 Å². The number of sulfonamides is 1. The maximum absolute atomic E-state index is 13.1. The SMILES string of the molecule is Cc1ccc([N+](=O)[O-])cc1S(=O)(=O)N1CCC(Oc2nncc3ccccc23)CC1. The maximum atomic E-state index is 13.1. The topological polar surface area (TPSA) is 116 Å². The van der Waals surface area contributed by atoms with Crippen LogP contribution >= 0.6 is 0 Å². The molecule has 0 spiro atoms. The average molecular weight is 428 g/mol. The Balaban J connectivity index is 1.49. The van der Waals surface area contributed by atoms with E-state index in [0.29, 0.717) is 24.3 Å². The van der Waals surface area contributed by atoms with E-state index in [4.69, 9.17) is 4.74 Å². The zero-order valence-electron chi connectivity index (χ0n) is 16.3. The van der Waals surface area contributed by atoms with Crippen LogP contribution in [-0.2, 0) is 10.0 Å². The number of nitrogens with zero attached hydrogens (tertiary/aromatic N) is 4. The number of nitro benzene ring substituents is 1. The van der Waals surface area contributed by atoms with Crippen LogP contribution in [0.25, 0.3) is 10.8 Å². The van der Waals surface area contributed by atoms with Crippen molar-refractivity contribution >= 4 is 26.5 Å². The Morgan fingerprint density at radius 1 is 1.17 bits per heavy atom. The van der Waals surface area contributed by atoms with Crippen molar-refractivity contribution < 1.29 is 18.1 Å². The molecular formula is C20H20N4O5S. The molecule has 0 saturated carbocycles. The number of nitro groups is 1. The quantitative estimate of drug-likeness (QED) is 0.453. The second-order valence-corrected chi connectivity index (χ2v) is 9.07. The van der Waals surface area contributed by atoms with Crippen LogP contribution in [0.5, 0.6) is 5.88 Å². The highest BCUT2D eigenvalue weighted by atomic mass is 32.2. The molecule has 0 unspecified atom stereocenters. The third-order valence-electron chi connectivity index (χ3n) is 5.22. The Labute approximate surface area is 173 Å². The van der Waals surface area contributed by atoms with Gasteiger partial charge in [0.1, 0.15) is 6.10 Å². The highest BCUT2D eigenvalue weighted by Gasteiger charge is 2.32. The zero-order valence-corrected chi connectivity index (χ0v) is 17.1. The molecule has 0 bridgehead atoms. The molecule has 2 heterocycles. The van der Waals surface area contributed by atoms with Gasteiger partial charge in [-0.15, -0.1) is 5.10 Å². The van der Waals surface area contributed by atoms with Crippen LogP contribution in [0.3, 0.4) is 0 Å². The highest BCUT2D eigenvalue weighted by Crippen LogP contribution is 2.29. The molecule has 3 aromatic rings. The molecule has 1 saturated heterocycles. The molecule has 0 amide bonds. The Bertz CT molecular complexity index is 1200. The number of fused-ring (bicyclic) bond motifs is 1. The van der Waals surface area contributed by atoms with Gasteiger partial charge in [-0.25, -0.2) is 8.42 Å². The molecule has 30 heavy (non-hydrogen) atoms. The van der Waals surface area contributed by atoms with Crippen molar-refractivity contribution in [2.24, 2.45) is 0 Å². The first kappa shape index (κ1) is 20.2. The van der Waals surface area contributed by atoms with Crippen molar-refractivity contribution in [2.45, 2.75) is 30.8 Å². The zero-order chi connectivity index (χ0) is 21.3. The number of benzene rings is 2. The van der Waals surface area contributed by atoms with Gasteiger partial charge in [-0.1, -0.05) is 24.3 Å². The molecule has 1 aliphatic heterocycles. The number of hydrogen-bond acceptors (Lipinski definition) is 7. The predicted molar refractivity (Wildman–Crippen MR) is 110 cm³/mol. The Morgan fingerprint density at radius 3 is 2.63 bits per heavy atom. The average Bonchev–Trinajstić information content (AvgIpc) is 2.74. The van der Waals surface area contributed by atoms with E-state index >= 15 is 0 Å². The maximum Gasteiger partial charge on any atom is 0.270 e. The van der Waals surface area contributed by atoms with Crippen LogP contribution in [0.15, 0.2) is 53.6 Å². The van der Waals surface area contributed by atoms with Gasteiger partial charge in [-0.2, -0.15) is 9.40 Å². The van der Waals surface area contributed by atoms with Crippen LogP contribution in [0.2, 0.25) is 0 Å². The van der Waals surface area contributed by atoms with E-state index < -0.39 is 14.9 Å². The fourth-order valence-electron chi connectivity index (χ4n) is 3.56. The number of piperidine rings is 1. The van der Waals surface area contributed by atoms with Gasteiger partial charge < -0.3 is 4.74 Å². The van der Waals surface area contributed by atoms with Gasteiger partial charge >= 0.3 is 0 Å². The minimum absolute atomic E-state index is 0.0315. The second-order valence-electron chi connectivity index (χ2n) is 7.17. The van der Waals surface area contributed by atoms with E-state index in [2.05, 4.69) is 10.2 Å². The molecule has 0 atom stereocenters. The second kappa shape index (κ2) is 7.96. The third-order valence-corrected chi connectivity index (χ3v) is 7.26. The number of aromatic nitrogens is 2. The Morgan fingerprint density at radius 2 is 1.90 bits per heavy atom. The monoisotopic (exact) mass is 428 g/mol. The van der Waals surface area contributed by atoms with Crippen molar-refractivity contribution in [3.8, 4) is 5.88 Å². The Kier molecular flexibility index (Phi) is 5.35. The van der Waals surface area contributed by atoms with Crippen molar-refractivity contribution in [1.82, 2.24) is 14.5 Å². The summed E-state index contributed by atoms with van der Waals surface area (Å²) in [6.07, 6.45) is 2.44. The minimum atomic E-state index is -3.83. The molecule has 2 aromatic carbocycles. The fourth-order valence-corrected chi connectivity index (χ4v) is 5.27. The molecule has 10 heteroatoms. The third kappa shape index (κ3) is 3.83. The summed E-state index contributed by atoms with van der Waals surface area (Å²) in [7, 11) is -3.83. The summed E-state index contributed by atoms with van der Waals surface area (Å²) in [5.74, 6) is 0.434. The molecule has 156 valence electrons. The van der Waals surface area contributed by atoms with E-state index in [1.54, 1.807) is 13.1 Å². The molecule has 1 aliphatic rings. The summed E-state index contributed by atoms with van der Waals surface area (Å²) >= 11 is 0. The molecule has 4 rings (SSSR count). The molecule has 9 nitrogen and oxygen atoms in total. The molecule has 1 aromatic heterocycles. The van der Waals surface area contributed by atoms with Gasteiger partial charge in [0.05, 0.1) is 16.0 Å². The normalized spacial score (nSPS) is 15.9. The van der Waals surface area contributed by atoms with Crippen LogP contribution in [0.1, 0.15) is 18.4 Å². The number of hydrogen-bond donors (Lipinski definition) is 0. The van der Waals surface area contributed by atoms with Gasteiger partial charge in [0.15, 0.2) is 0 Å². The van der Waals surface area contributed by atoms with E-state index in [-0.39, 0.29) is 29.8 Å². The van der Waals surface area contributed by atoms with E-state index in [0.717, 1.165) is 16.8 Å². The van der Waals surface area contributed by atoms with Gasteiger partial charge in [-0.05, 0) is 31.4 Å². The number of non-ortho nitro benzene ring substituents is 1. The largest absolute Gasteiger partial charge is 0.473 e. The van der Waals surface area contributed by atoms with Crippen LogP contribution in [-0.4, -0.2) is 47.0 Å². The van der Waals surface area contributed by atoms with Crippen molar-refractivity contribution in [2.75, 3.05) is 13.1 Å². The van der Waals surface area contributed by atoms with Gasteiger partial charge in [-0.3, -0.25) is 10.1 Å². The molecular weight excluding hydrogens is 408 g/mol. The highest BCUT2D eigenvalue weighted by molar-refractivity contribution is 7.89. The lowest BCUT2D eigenvalue weighted by Crippen LogP contribution is -2.42. The summed E-state index contributed by atoms with van der Waals surface area (Å²) < 4.78 is 33.5. The fraction of sp³-hybridized carbons (Fsp3) is 0.300. The predicted octanol–water partition coefficient (Wildman–Crippen LogP) is 3.08. The van der Waals surface area contributed by atoms with Crippen LogP contribution in [0.4, 0.5) is 5.69 Å². The Hall–Kier alpha value is -3.11. The van der Waals surface area contributed by atoms with E-state index in [1.165, 1.54) is 16.4 Å².